The van der Waals surface area contributed by atoms with Crippen molar-refractivity contribution < 1.29 is 34.0 Å². The average Bonchev–Trinajstić information content (AvgIpc) is 4.20. The molecule has 0 fully saturated rings. The van der Waals surface area contributed by atoms with Gasteiger partial charge in [-0.1, -0.05) is 170 Å². The number of esters is 1. The Morgan fingerprint density at radius 3 is 1.04 bits per heavy atom. The first-order valence-corrected chi connectivity index (χ1v) is 29.1. The Morgan fingerprint density at radius 1 is 0.458 bits per heavy atom. The van der Waals surface area contributed by atoms with Crippen molar-refractivity contribution >= 4 is 40.0 Å². The number of carbonyl (C=O) groups excluding carboxylic acids is 1. The highest BCUT2D eigenvalue weighted by atomic mass is 32.1. The van der Waals surface area contributed by atoms with E-state index in [1.807, 2.05) is 36.4 Å². The summed E-state index contributed by atoms with van der Waals surface area (Å²) in [7, 11) is 0. The van der Waals surface area contributed by atoms with E-state index in [4.69, 9.17) is 18.9 Å². The number of hydrogen-bond acceptors (Lipinski definition) is 16. The molecule has 0 aliphatic carbocycles. The van der Waals surface area contributed by atoms with E-state index < -0.39 is 31.3 Å². The van der Waals surface area contributed by atoms with Crippen LogP contribution < -0.4 is 14.2 Å². The van der Waals surface area contributed by atoms with Gasteiger partial charge >= 0.3 is 11.9 Å². The summed E-state index contributed by atoms with van der Waals surface area (Å²) in [5.41, 5.74) is 2.51. The van der Waals surface area contributed by atoms with Crippen LogP contribution in [0.15, 0.2) is 72.8 Å². The van der Waals surface area contributed by atoms with E-state index in [2.05, 4.69) is 51.4 Å². The van der Waals surface area contributed by atoms with Crippen LogP contribution in [0.1, 0.15) is 171 Å². The van der Waals surface area contributed by atoms with Crippen molar-refractivity contribution in [3.63, 3.8) is 0 Å². The van der Waals surface area contributed by atoms with Crippen LogP contribution in [0.25, 0.3) is 31.7 Å². The van der Waals surface area contributed by atoms with Gasteiger partial charge < -0.3 is 29.2 Å². The maximum Gasteiger partial charge on any atom is 0.523 e. The van der Waals surface area contributed by atoms with Gasteiger partial charge in [-0.25, -0.2) is 4.79 Å². The molecule has 3 heterocycles. The summed E-state index contributed by atoms with van der Waals surface area (Å²) < 4.78 is 25.0. The summed E-state index contributed by atoms with van der Waals surface area (Å²) in [6, 6.07) is 21.3. The number of nitrogens with zero attached hydrogens (tertiary/aromatic N) is 6. The maximum atomic E-state index is 14.5. The first kappa shape index (κ1) is 56.4. The molecule has 0 spiro atoms. The molecular formula is C56H76N6O7S3. The third-order valence-corrected chi connectivity index (χ3v) is 15.4. The first-order valence-electron chi connectivity index (χ1n) is 26.6. The van der Waals surface area contributed by atoms with Crippen LogP contribution in [0.4, 0.5) is 0 Å². The molecule has 2 N–H and O–H groups in total. The zero-order valence-electron chi connectivity index (χ0n) is 42.7. The van der Waals surface area contributed by atoms with Gasteiger partial charge in [0.25, 0.3) is 0 Å². The van der Waals surface area contributed by atoms with Crippen LogP contribution >= 0.6 is 34.0 Å². The normalized spacial score (nSPS) is 12.0. The number of ether oxygens (including phenoxy) is 4. The van der Waals surface area contributed by atoms with Gasteiger partial charge in [-0.15, -0.1) is 30.6 Å². The van der Waals surface area contributed by atoms with Crippen molar-refractivity contribution in [1.29, 1.82) is 0 Å². The minimum Gasteiger partial charge on any atom is -0.454 e. The summed E-state index contributed by atoms with van der Waals surface area (Å²) in [5, 5.41) is 52.1. The number of unbranched alkanes of at least 4 members (excludes halogenated alkanes) is 18. The summed E-state index contributed by atoms with van der Waals surface area (Å²) in [6.07, 6.45) is 27.2. The lowest BCUT2D eigenvalue weighted by atomic mass is 10.1. The molecule has 0 aliphatic rings. The Kier molecular flexibility index (Phi) is 24.8. The molecule has 72 heavy (non-hydrogen) atoms. The van der Waals surface area contributed by atoms with Gasteiger partial charge in [0.15, 0.2) is 0 Å². The molecule has 16 heteroatoms. The lowest BCUT2D eigenvalue weighted by Gasteiger charge is -2.32. The van der Waals surface area contributed by atoms with Crippen LogP contribution in [0.5, 0.6) is 17.2 Å². The van der Waals surface area contributed by atoms with Crippen molar-refractivity contribution in [3.05, 3.63) is 87.8 Å². The monoisotopic (exact) mass is 1040 g/mol. The van der Waals surface area contributed by atoms with E-state index >= 15 is 0 Å². The van der Waals surface area contributed by atoms with Gasteiger partial charge in [0.05, 0.1) is 6.61 Å². The summed E-state index contributed by atoms with van der Waals surface area (Å²) >= 11 is 4.70. The standard InChI is InChI=1S/C56H76N6O7S3/c1-4-7-10-13-16-19-22-25-49-57-60-52(70-49)42-28-34-46(35-29-42)67-56(55(65)66-41-45(64)40-63,68-47-36-30-43(31-37-47)53-61-58-50(71-53)26-23-20-17-14-11-8-5-2)69-48-38-32-44(33-39-48)54-62-59-51(72-54)27-24-21-18-15-12-9-6-3/h28-39,45,63-64H,4-27,40-41H2,1-3H3. The lowest BCUT2D eigenvalue weighted by Crippen LogP contribution is -2.56. The number of aromatic nitrogens is 6. The summed E-state index contributed by atoms with van der Waals surface area (Å²) in [4.78, 5) is 14.5. The molecule has 390 valence electrons. The zero-order chi connectivity index (χ0) is 50.6. The molecule has 0 amide bonds. The molecule has 3 aromatic carbocycles. The third-order valence-electron chi connectivity index (χ3n) is 12.3. The van der Waals surface area contributed by atoms with Crippen LogP contribution in [-0.4, -0.2) is 72.1 Å². The number of hydrogen-bond donors (Lipinski definition) is 2. The summed E-state index contributed by atoms with van der Waals surface area (Å²) in [6.45, 7) is 5.54. The van der Waals surface area contributed by atoms with Crippen LogP contribution in [-0.2, 0) is 28.8 Å². The van der Waals surface area contributed by atoms with E-state index in [1.54, 1.807) is 70.4 Å². The molecule has 1 atom stereocenters. The number of benzene rings is 3. The highest BCUT2D eigenvalue weighted by Gasteiger charge is 2.51. The Labute approximate surface area is 439 Å². The largest absolute Gasteiger partial charge is 0.523 e. The Bertz CT molecular complexity index is 2160. The first-order chi connectivity index (χ1) is 35.3. The molecule has 1 unspecified atom stereocenters. The van der Waals surface area contributed by atoms with Crippen molar-refractivity contribution in [1.82, 2.24) is 30.6 Å². The fourth-order valence-electron chi connectivity index (χ4n) is 8.08. The van der Waals surface area contributed by atoms with Crippen molar-refractivity contribution in [2.24, 2.45) is 0 Å². The predicted octanol–water partition coefficient (Wildman–Crippen LogP) is 14.2. The smallest absolute Gasteiger partial charge is 0.454 e. The Balaban J connectivity index is 1.21. The van der Waals surface area contributed by atoms with E-state index in [-0.39, 0.29) is 17.2 Å². The molecule has 0 saturated carbocycles. The second kappa shape index (κ2) is 31.7. The molecule has 3 aromatic heterocycles. The van der Waals surface area contributed by atoms with Crippen LogP contribution in [0.2, 0.25) is 0 Å². The third kappa shape index (κ3) is 18.9. The number of rotatable bonds is 37. The molecule has 6 aromatic rings. The number of aliphatic hydroxyl groups is 2. The summed E-state index contributed by atoms with van der Waals surface area (Å²) in [5.74, 6) is -2.99. The van der Waals surface area contributed by atoms with Gasteiger partial charge in [-0.3, -0.25) is 0 Å². The quantitative estimate of drug-likeness (QED) is 0.0215. The fraction of sp³-hybridized carbons (Fsp3) is 0.554. The van der Waals surface area contributed by atoms with Crippen molar-refractivity contribution in [3.8, 4) is 49.0 Å². The molecule has 0 radical (unpaired) electrons. The topological polar surface area (TPSA) is 172 Å². The highest BCUT2D eigenvalue weighted by molar-refractivity contribution is 7.15. The molecule has 0 bridgehead atoms. The van der Waals surface area contributed by atoms with Crippen LogP contribution in [0, 0.1) is 0 Å². The highest BCUT2D eigenvalue weighted by Crippen LogP contribution is 2.34. The van der Waals surface area contributed by atoms with Crippen molar-refractivity contribution in [2.45, 2.75) is 187 Å². The number of carbonyl (C=O) groups is 1. The molecule has 0 saturated heterocycles. The van der Waals surface area contributed by atoms with Gasteiger partial charge in [0, 0.05) is 36.0 Å². The molecular weight excluding hydrogens is 965 g/mol. The fourth-order valence-corrected chi connectivity index (χ4v) is 10.7. The van der Waals surface area contributed by atoms with Crippen molar-refractivity contribution in [2.75, 3.05) is 13.2 Å². The predicted molar refractivity (Wildman–Crippen MR) is 290 cm³/mol. The molecule has 6 rings (SSSR count). The Morgan fingerprint density at radius 2 is 0.750 bits per heavy atom. The van der Waals surface area contributed by atoms with E-state index in [9.17, 15) is 15.0 Å². The maximum absolute atomic E-state index is 14.5. The van der Waals surface area contributed by atoms with E-state index in [0.717, 1.165) is 85.3 Å². The van der Waals surface area contributed by atoms with Gasteiger partial charge in [0.2, 0.25) is 0 Å². The van der Waals surface area contributed by atoms with Gasteiger partial charge in [-0.05, 0) is 92.1 Å². The number of aliphatic hydroxyl groups excluding tert-OH is 2. The van der Waals surface area contributed by atoms with E-state index in [0.29, 0.717) is 0 Å². The minimum absolute atomic E-state index is 0.226. The second-order valence-electron chi connectivity index (χ2n) is 18.5. The molecule has 13 nitrogen and oxygen atoms in total. The molecule has 0 aliphatic heterocycles. The number of aryl methyl sites for hydroxylation is 3. The Hall–Kier alpha value is -4.87. The zero-order valence-corrected chi connectivity index (χ0v) is 45.2. The SMILES string of the molecule is CCCCCCCCCc1nnc(-c2ccc(OC(Oc3ccc(-c4nnc(CCCCCCCCC)s4)cc3)(Oc3ccc(-c4nnc(CCCCCCCCC)s4)cc3)C(=O)OCC(O)CO)cc2)s1. The van der Waals surface area contributed by atoms with Gasteiger partial charge in [-0.2, -0.15) is 0 Å². The average molecular weight is 1040 g/mol. The minimum atomic E-state index is -2.58. The lowest BCUT2D eigenvalue weighted by molar-refractivity contribution is -0.261. The van der Waals surface area contributed by atoms with Gasteiger partial charge in [0.1, 0.15) is 60.0 Å². The van der Waals surface area contributed by atoms with Crippen LogP contribution in [0.3, 0.4) is 0 Å². The van der Waals surface area contributed by atoms with E-state index in [1.165, 1.54) is 116 Å². The second-order valence-corrected chi connectivity index (χ2v) is 21.7.